The summed E-state index contributed by atoms with van der Waals surface area (Å²) in [7, 11) is 0. The average molecular weight is 266 g/mol. The second-order valence-electron chi connectivity index (χ2n) is 5.78. The minimum Gasteiger partial charge on any atom is -0.390 e. The number of aliphatic hydroxyl groups excluding tert-OH is 1. The van der Waals surface area contributed by atoms with Gasteiger partial charge >= 0.3 is 0 Å². The van der Waals surface area contributed by atoms with Crippen LogP contribution >= 0.6 is 0 Å². The Kier molecular flexibility index (Phi) is 3.60. The van der Waals surface area contributed by atoms with Crippen molar-refractivity contribution in [2.75, 3.05) is 19.7 Å². The minimum atomic E-state index is -0.295. The van der Waals surface area contributed by atoms with Crippen molar-refractivity contribution in [2.24, 2.45) is 0 Å². The molecular formula is C14H22N2O3. The molecule has 1 spiro atoms. The van der Waals surface area contributed by atoms with E-state index in [1.54, 1.807) is 0 Å². The molecule has 0 aromatic carbocycles. The zero-order valence-electron chi connectivity index (χ0n) is 11.5. The van der Waals surface area contributed by atoms with Crippen LogP contribution in [0.15, 0.2) is 10.6 Å². The van der Waals surface area contributed by atoms with E-state index in [0.29, 0.717) is 0 Å². The quantitative estimate of drug-likeness (QED) is 0.879. The first-order valence-corrected chi connectivity index (χ1v) is 7.14. The Balaban J connectivity index is 1.57. The average Bonchev–Trinajstić information content (AvgIpc) is 2.81. The minimum absolute atomic E-state index is 0.286. The summed E-state index contributed by atoms with van der Waals surface area (Å²) in [6.45, 7) is 5.41. The van der Waals surface area contributed by atoms with E-state index in [9.17, 15) is 5.11 Å². The molecule has 2 aliphatic rings. The van der Waals surface area contributed by atoms with Crippen LogP contribution in [0.4, 0.5) is 0 Å². The standard InChI is InChI=1S/C14H22N2O3/c1-11-9-12(19-15-11)10-16-6-4-14(5-7-16)13(17)3-2-8-18-14/h9,13,17H,2-8,10H2,1H3. The molecule has 1 atom stereocenters. The molecule has 0 bridgehead atoms. The van der Waals surface area contributed by atoms with E-state index >= 15 is 0 Å². The summed E-state index contributed by atoms with van der Waals surface area (Å²) in [5.74, 6) is 0.915. The van der Waals surface area contributed by atoms with E-state index in [4.69, 9.17) is 9.26 Å². The van der Waals surface area contributed by atoms with Gasteiger partial charge in [0.05, 0.1) is 23.9 Å². The van der Waals surface area contributed by atoms with Gasteiger partial charge in [0, 0.05) is 25.8 Å². The molecule has 3 heterocycles. The molecule has 2 saturated heterocycles. The van der Waals surface area contributed by atoms with Gasteiger partial charge in [-0.15, -0.1) is 0 Å². The summed E-state index contributed by atoms with van der Waals surface area (Å²) in [5, 5.41) is 14.1. The summed E-state index contributed by atoms with van der Waals surface area (Å²) < 4.78 is 11.2. The number of aliphatic hydroxyl groups is 1. The molecule has 1 aromatic heterocycles. The van der Waals surface area contributed by atoms with Crippen LogP contribution in [0.5, 0.6) is 0 Å². The second-order valence-corrected chi connectivity index (χ2v) is 5.78. The molecule has 0 amide bonds. The molecule has 0 radical (unpaired) electrons. The largest absolute Gasteiger partial charge is 0.390 e. The van der Waals surface area contributed by atoms with Gasteiger partial charge < -0.3 is 14.4 Å². The summed E-state index contributed by atoms with van der Waals surface area (Å²) in [5.41, 5.74) is 0.640. The van der Waals surface area contributed by atoms with Crippen molar-refractivity contribution >= 4 is 0 Å². The number of aryl methyl sites for hydroxylation is 1. The highest BCUT2D eigenvalue weighted by Gasteiger charge is 2.43. The molecule has 0 aliphatic carbocycles. The zero-order valence-corrected chi connectivity index (χ0v) is 11.5. The van der Waals surface area contributed by atoms with Crippen molar-refractivity contribution in [3.05, 3.63) is 17.5 Å². The Morgan fingerprint density at radius 3 is 2.89 bits per heavy atom. The number of ether oxygens (including phenoxy) is 1. The zero-order chi connectivity index (χ0) is 13.3. The third-order valence-corrected chi connectivity index (χ3v) is 4.38. The highest BCUT2D eigenvalue weighted by atomic mass is 16.5. The number of rotatable bonds is 2. The van der Waals surface area contributed by atoms with Crippen molar-refractivity contribution in [2.45, 2.75) is 50.9 Å². The smallest absolute Gasteiger partial charge is 0.150 e. The van der Waals surface area contributed by atoms with Gasteiger partial charge in [0.2, 0.25) is 0 Å². The lowest BCUT2D eigenvalue weighted by molar-refractivity contribution is -0.177. The highest BCUT2D eigenvalue weighted by molar-refractivity contribution is 5.04. The summed E-state index contributed by atoms with van der Waals surface area (Å²) in [6, 6.07) is 1.98. The predicted octanol–water partition coefficient (Wildman–Crippen LogP) is 1.49. The van der Waals surface area contributed by atoms with Gasteiger partial charge in [0.1, 0.15) is 0 Å². The molecule has 1 N–H and O–H groups in total. The number of piperidine rings is 1. The van der Waals surface area contributed by atoms with Gasteiger partial charge in [0.25, 0.3) is 0 Å². The summed E-state index contributed by atoms with van der Waals surface area (Å²) in [6.07, 6.45) is 3.37. The van der Waals surface area contributed by atoms with E-state index in [1.807, 2.05) is 13.0 Å². The molecule has 5 heteroatoms. The van der Waals surface area contributed by atoms with Crippen molar-refractivity contribution in [3.8, 4) is 0 Å². The van der Waals surface area contributed by atoms with Gasteiger partial charge in [-0.25, -0.2) is 0 Å². The first-order chi connectivity index (χ1) is 9.18. The predicted molar refractivity (Wildman–Crippen MR) is 69.7 cm³/mol. The van der Waals surface area contributed by atoms with Gasteiger partial charge in [0.15, 0.2) is 5.76 Å². The van der Waals surface area contributed by atoms with Gasteiger partial charge in [-0.1, -0.05) is 5.16 Å². The third kappa shape index (κ3) is 2.68. The molecule has 19 heavy (non-hydrogen) atoms. The van der Waals surface area contributed by atoms with Gasteiger partial charge in [-0.2, -0.15) is 0 Å². The molecule has 3 rings (SSSR count). The Bertz CT molecular complexity index is 424. The molecule has 0 saturated carbocycles. The van der Waals surface area contributed by atoms with Crippen molar-refractivity contribution < 1.29 is 14.4 Å². The van der Waals surface area contributed by atoms with Crippen LogP contribution < -0.4 is 0 Å². The van der Waals surface area contributed by atoms with Crippen molar-refractivity contribution in [1.82, 2.24) is 10.1 Å². The maximum Gasteiger partial charge on any atom is 0.150 e. The van der Waals surface area contributed by atoms with E-state index in [2.05, 4.69) is 10.1 Å². The fraction of sp³-hybridized carbons (Fsp3) is 0.786. The Hall–Kier alpha value is -0.910. The topological polar surface area (TPSA) is 58.7 Å². The monoisotopic (exact) mass is 266 g/mol. The van der Waals surface area contributed by atoms with Crippen LogP contribution in [0.25, 0.3) is 0 Å². The number of hydrogen-bond donors (Lipinski definition) is 1. The maximum absolute atomic E-state index is 10.2. The van der Waals surface area contributed by atoms with E-state index in [-0.39, 0.29) is 11.7 Å². The number of hydrogen-bond acceptors (Lipinski definition) is 5. The second kappa shape index (κ2) is 5.23. The highest BCUT2D eigenvalue weighted by Crippen LogP contribution is 2.35. The lowest BCUT2D eigenvalue weighted by atomic mass is 9.82. The third-order valence-electron chi connectivity index (χ3n) is 4.38. The fourth-order valence-corrected chi connectivity index (χ4v) is 3.19. The SMILES string of the molecule is Cc1cc(CN2CCC3(CC2)OCCCC3O)on1. The van der Waals surface area contributed by atoms with Crippen molar-refractivity contribution in [3.63, 3.8) is 0 Å². The van der Waals surface area contributed by atoms with Crippen LogP contribution in [0.1, 0.15) is 37.1 Å². The molecular weight excluding hydrogens is 244 g/mol. The van der Waals surface area contributed by atoms with Crippen molar-refractivity contribution in [1.29, 1.82) is 0 Å². The molecule has 106 valence electrons. The normalized spacial score (nSPS) is 27.8. The molecule has 1 aromatic rings. The van der Waals surface area contributed by atoms with Crippen LogP contribution in [-0.2, 0) is 11.3 Å². The summed E-state index contributed by atoms with van der Waals surface area (Å²) >= 11 is 0. The van der Waals surface area contributed by atoms with E-state index < -0.39 is 0 Å². The number of nitrogens with zero attached hydrogens (tertiary/aromatic N) is 2. The first kappa shape index (κ1) is 13.1. The van der Waals surface area contributed by atoms with Crippen LogP contribution in [0.2, 0.25) is 0 Å². The lowest BCUT2D eigenvalue weighted by Gasteiger charge is -2.46. The molecule has 5 nitrogen and oxygen atoms in total. The van der Waals surface area contributed by atoms with Crippen LogP contribution in [-0.4, -0.2) is 46.6 Å². The summed E-state index contributed by atoms with van der Waals surface area (Å²) in [4.78, 5) is 2.34. The maximum atomic E-state index is 10.2. The lowest BCUT2D eigenvalue weighted by Crippen LogP contribution is -2.55. The number of aromatic nitrogens is 1. The van der Waals surface area contributed by atoms with E-state index in [1.165, 1.54) is 0 Å². The Morgan fingerprint density at radius 1 is 1.47 bits per heavy atom. The molecule has 1 unspecified atom stereocenters. The molecule has 2 fully saturated rings. The Morgan fingerprint density at radius 2 is 2.26 bits per heavy atom. The van der Waals surface area contributed by atoms with Crippen LogP contribution in [0, 0.1) is 6.92 Å². The Labute approximate surface area is 113 Å². The fourth-order valence-electron chi connectivity index (χ4n) is 3.19. The van der Waals surface area contributed by atoms with Gasteiger partial charge in [-0.05, 0) is 32.6 Å². The van der Waals surface area contributed by atoms with Crippen LogP contribution in [0.3, 0.4) is 0 Å². The van der Waals surface area contributed by atoms with Gasteiger partial charge in [-0.3, -0.25) is 4.90 Å². The van der Waals surface area contributed by atoms with E-state index in [0.717, 1.165) is 63.4 Å². The first-order valence-electron chi connectivity index (χ1n) is 7.14. The number of likely N-dealkylation sites (tertiary alicyclic amines) is 1. The molecule has 2 aliphatic heterocycles.